The molecule has 0 spiro atoms. The van der Waals surface area contributed by atoms with E-state index in [1.54, 1.807) is 0 Å². The molecule has 1 aromatic carbocycles. The second-order valence-electron chi connectivity index (χ2n) is 4.66. The Morgan fingerprint density at radius 3 is 2.40 bits per heavy atom. The highest BCUT2D eigenvalue weighted by Crippen LogP contribution is 2.09. The molecule has 0 saturated carbocycles. The number of rotatable bonds is 6. The molecule has 104 valence electrons. The number of benzene rings is 1. The second kappa shape index (κ2) is 7.40. The van der Waals surface area contributed by atoms with Crippen molar-refractivity contribution in [2.75, 3.05) is 11.9 Å². The zero-order chi connectivity index (χ0) is 14.2. The minimum atomic E-state index is -0.0479. The first-order chi connectivity index (χ1) is 9.74. The number of carbonyl (C=O) groups excluding carboxylic acids is 1. The van der Waals surface area contributed by atoms with Gasteiger partial charge in [0.1, 0.15) is 0 Å². The number of hydrogen-bond acceptors (Lipinski definition) is 3. The molecule has 0 aliphatic rings. The molecule has 4 nitrogen and oxygen atoms in total. The van der Waals surface area contributed by atoms with Crippen LogP contribution in [-0.2, 0) is 17.8 Å². The zero-order valence-electron chi connectivity index (χ0n) is 11.6. The summed E-state index contributed by atoms with van der Waals surface area (Å²) in [6, 6.07) is 11.9. The van der Waals surface area contributed by atoms with Gasteiger partial charge in [0.25, 0.3) is 0 Å². The van der Waals surface area contributed by atoms with Gasteiger partial charge in [-0.05, 0) is 48.4 Å². The first-order valence-corrected chi connectivity index (χ1v) is 6.70. The lowest BCUT2D eigenvalue weighted by Gasteiger charge is -2.06. The number of nitrogens with zero attached hydrogens (tertiary/aromatic N) is 1. The van der Waals surface area contributed by atoms with E-state index in [0.29, 0.717) is 0 Å². The summed E-state index contributed by atoms with van der Waals surface area (Å²) < 4.78 is 0. The summed E-state index contributed by atoms with van der Waals surface area (Å²) in [6.07, 6.45) is 4.62. The molecule has 0 fully saturated rings. The van der Waals surface area contributed by atoms with Crippen LogP contribution in [-0.4, -0.2) is 17.4 Å². The maximum absolute atomic E-state index is 10.9. The minimum absolute atomic E-state index is 0.0479. The van der Waals surface area contributed by atoms with Crippen LogP contribution >= 0.6 is 0 Å². The summed E-state index contributed by atoms with van der Waals surface area (Å²) in [5.41, 5.74) is 3.32. The first-order valence-electron chi connectivity index (χ1n) is 6.70. The van der Waals surface area contributed by atoms with Gasteiger partial charge in [0.05, 0.1) is 0 Å². The van der Waals surface area contributed by atoms with Gasteiger partial charge in [-0.25, -0.2) is 0 Å². The van der Waals surface area contributed by atoms with Crippen molar-refractivity contribution in [3.8, 4) is 0 Å². The predicted octanol–water partition coefficient (Wildman–Crippen LogP) is 2.37. The summed E-state index contributed by atoms with van der Waals surface area (Å²) in [5.74, 6) is -0.0479. The molecule has 1 heterocycles. The van der Waals surface area contributed by atoms with Crippen molar-refractivity contribution in [2.24, 2.45) is 0 Å². The van der Waals surface area contributed by atoms with Crippen LogP contribution in [0.4, 0.5) is 5.69 Å². The van der Waals surface area contributed by atoms with Crippen LogP contribution in [0.25, 0.3) is 0 Å². The fraction of sp³-hybridized carbons (Fsp3) is 0.250. The van der Waals surface area contributed by atoms with E-state index in [1.807, 2.05) is 48.8 Å². The van der Waals surface area contributed by atoms with Crippen molar-refractivity contribution in [1.29, 1.82) is 0 Å². The van der Waals surface area contributed by atoms with Crippen LogP contribution in [0.5, 0.6) is 0 Å². The van der Waals surface area contributed by atoms with Crippen molar-refractivity contribution in [3.63, 3.8) is 0 Å². The summed E-state index contributed by atoms with van der Waals surface area (Å²) in [6.45, 7) is 3.26. The Kier molecular flexibility index (Phi) is 5.26. The van der Waals surface area contributed by atoms with Crippen molar-refractivity contribution in [3.05, 3.63) is 59.9 Å². The van der Waals surface area contributed by atoms with E-state index in [9.17, 15) is 4.79 Å². The molecule has 1 amide bonds. The number of nitrogens with one attached hydrogen (secondary N) is 2. The van der Waals surface area contributed by atoms with Gasteiger partial charge in [0.2, 0.25) is 5.91 Å². The lowest BCUT2D eigenvalue weighted by atomic mass is 10.2. The summed E-state index contributed by atoms with van der Waals surface area (Å²) >= 11 is 0. The monoisotopic (exact) mass is 269 g/mol. The number of aromatic nitrogens is 1. The van der Waals surface area contributed by atoms with E-state index >= 15 is 0 Å². The van der Waals surface area contributed by atoms with E-state index in [0.717, 1.165) is 25.2 Å². The van der Waals surface area contributed by atoms with Crippen LogP contribution in [0.3, 0.4) is 0 Å². The normalized spacial score (nSPS) is 10.2. The number of carbonyl (C=O) groups is 1. The predicted molar refractivity (Wildman–Crippen MR) is 80.4 cm³/mol. The fourth-order valence-electron chi connectivity index (χ4n) is 1.92. The van der Waals surface area contributed by atoms with Crippen molar-refractivity contribution < 1.29 is 4.79 Å². The molecule has 20 heavy (non-hydrogen) atoms. The Hall–Kier alpha value is -2.20. The quantitative estimate of drug-likeness (QED) is 0.792. The molecule has 0 atom stereocenters. The molecule has 0 aliphatic carbocycles. The summed E-state index contributed by atoms with van der Waals surface area (Å²) in [5, 5.41) is 6.16. The molecular weight excluding hydrogens is 250 g/mol. The van der Waals surface area contributed by atoms with Gasteiger partial charge in [-0.2, -0.15) is 0 Å². The molecule has 0 saturated heterocycles. The largest absolute Gasteiger partial charge is 0.326 e. The summed E-state index contributed by atoms with van der Waals surface area (Å²) in [7, 11) is 0. The Labute approximate surface area is 119 Å². The lowest BCUT2D eigenvalue weighted by molar-refractivity contribution is -0.114. The van der Waals surface area contributed by atoms with Gasteiger partial charge in [-0.1, -0.05) is 12.1 Å². The second-order valence-corrected chi connectivity index (χ2v) is 4.66. The van der Waals surface area contributed by atoms with E-state index in [2.05, 4.69) is 15.6 Å². The molecule has 0 aliphatic heterocycles. The molecule has 2 rings (SSSR count). The third-order valence-electron chi connectivity index (χ3n) is 2.94. The average Bonchev–Trinajstić information content (AvgIpc) is 2.46. The van der Waals surface area contributed by atoms with E-state index in [-0.39, 0.29) is 5.91 Å². The van der Waals surface area contributed by atoms with E-state index in [1.165, 1.54) is 18.1 Å². The third kappa shape index (κ3) is 4.82. The molecule has 0 radical (unpaired) electrons. The molecule has 2 aromatic rings. The van der Waals surface area contributed by atoms with Gasteiger partial charge in [-0.15, -0.1) is 0 Å². The van der Waals surface area contributed by atoms with Crippen LogP contribution in [0.2, 0.25) is 0 Å². The molecule has 4 heteroatoms. The number of anilines is 1. The smallest absolute Gasteiger partial charge is 0.221 e. The van der Waals surface area contributed by atoms with Crippen LogP contribution in [0.1, 0.15) is 18.1 Å². The Morgan fingerprint density at radius 1 is 1.05 bits per heavy atom. The molecular formula is C16H19N3O. The Morgan fingerprint density at radius 2 is 1.75 bits per heavy atom. The van der Waals surface area contributed by atoms with Crippen molar-refractivity contribution in [2.45, 2.75) is 19.9 Å². The first kappa shape index (κ1) is 14.2. The summed E-state index contributed by atoms with van der Waals surface area (Å²) in [4.78, 5) is 14.9. The van der Waals surface area contributed by atoms with Crippen LogP contribution < -0.4 is 10.6 Å². The number of hydrogen-bond donors (Lipinski definition) is 2. The maximum atomic E-state index is 10.9. The SMILES string of the molecule is CC(=O)Nc1ccc(CNCCc2ccncc2)cc1. The average molecular weight is 269 g/mol. The number of pyridine rings is 1. The standard InChI is InChI=1S/C16H19N3O/c1-13(20)19-16-4-2-15(3-5-16)12-18-11-8-14-6-9-17-10-7-14/h2-7,9-10,18H,8,11-12H2,1H3,(H,19,20). The molecule has 0 unspecified atom stereocenters. The Balaban J connectivity index is 1.73. The van der Waals surface area contributed by atoms with Crippen molar-refractivity contribution in [1.82, 2.24) is 10.3 Å². The highest BCUT2D eigenvalue weighted by atomic mass is 16.1. The maximum Gasteiger partial charge on any atom is 0.221 e. The van der Waals surface area contributed by atoms with E-state index < -0.39 is 0 Å². The van der Waals surface area contributed by atoms with Gasteiger partial charge in [0.15, 0.2) is 0 Å². The van der Waals surface area contributed by atoms with Gasteiger partial charge in [0, 0.05) is 31.5 Å². The molecule has 2 N–H and O–H groups in total. The fourth-order valence-corrected chi connectivity index (χ4v) is 1.92. The third-order valence-corrected chi connectivity index (χ3v) is 2.94. The van der Waals surface area contributed by atoms with Crippen LogP contribution in [0, 0.1) is 0 Å². The minimum Gasteiger partial charge on any atom is -0.326 e. The lowest BCUT2D eigenvalue weighted by Crippen LogP contribution is -2.16. The topological polar surface area (TPSA) is 54.0 Å². The highest BCUT2D eigenvalue weighted by molar-refractivity contribution is 5.88. The van der Waals surface area contributed by atoms with Gasteiger partial charge >= 0.3 is 0 Å². The highest BCUT2D eigenvalue weighted by Gasteiger charge is 1.97. The zero-order valence-corrected chi connectivity index (χ0v) is 11.6. The van der Waals surface area contributed by atoms with Crippen LogP contribution in [0.15, 0.2) is 48.8 Å². The van der Waals surface area contributed by atoms with Gasteiger partial charge < -0.3 is 10.6 Å². The molecule has 0 bridgehead atoms. The van der Waals surface area contributed by atoms with Gasteiger partial charge in [-0.3, -0.25) is 9.78 Å². The van der Waals surface area contributed by atoms with E-state index in [4.69, 9.17) is 0 Å². The number of amides is 1. The molecule has 1 aromatic heterocycles. The van der Waals surface area contributed by atoms with Crippen molar-refractivity contribution >= 4 is 11.6 Å². The Bertz CT molecular complexity index is 537.